The highest BCUT2D eigenvalue weighted by molar-refractivity contribution is 4.90. The second-order valence-electron chi connectivity index (χ2n) is 4.94. The number of likely N-dealkylation sites (N-methyl/N-ethyl adjacent to an activating group) is 2. The van der Waals surface area contributed by atoms with Gasteiger partial charge in [0.1, 0.15) is 0 Å². The highest BCUT2D eigenvalue weighted by Crippen LogP contribution is 2.18. The van der Waals surface area contributed by atoms with Gasteiger partial charge >= 0.3 is 0 Å². The van der Waals surface area contributed by atoms with E-state index in [2.05, 4.69) is 42.8 Å². The van der Waals surface area contributed by atoms with Gasteiger partial charge in [-0.05, 0) is 45.3 Å². The zero-order valence-electron chi connectivity index (χ0n) is 11.3. The van der Waals surface area contributed by atoms with Gasteiger partial charge in [0.25, 0.3) is 0 Å². The van der Waals surface area contributed by atoms with Gasteiger partial charge in [0.15, 0.2) is 0 Å². The molecular formula is C14H28N2. The highest BCUT2D eigenvalue weighted by atomic mass is 15.2. The van der Waals surface area contributed by atoms with Crippen molar-refractivity contribution in [2.75, 3.05) is 39.8 Å². The van der Waals surface area contributed by atoms with Crippen LogP contribution in [0.1, 0.15) is 33.1 Å². The number of allylic oxidation sites excluding steroid dienone is 2. The van der Waals surface area contributed by atoms with Crippen molar-refractivity contribution in [3.63, 3.8) is 0 Å². The summed E-state index contributed by atoms with van der Waals surface area (Å²) in [6.45, 7) is 10.5. The normalized spacial score (nSPS) is 20.9. The molecule has 0 aromatic carbocycles. The Hall–Kier alpha value is -0.340. The Morgan fingerprint density at radius 3 is 2.44 bits per heavy atom. The first kappa shape index (κ1) is 13.7. The molecule has 0 spiro atoms. The van der Waals surface area contributed by atoms with Gasteiger partial charge in [-0.2, -0.15) is 0 Å². The Kier molecular flexibility index (Phi) is 6.74. The molecule has 0 amide bonds. The third-order valence-corrected chi connectivity index (χ3v) is 3.64. The zero-order valence-corrected chi connectivity index (χ0v) is 11.3. The smallest absolute Gasteiger partial charge is 0.0109 e. The average molecular weight is 224 g/mol. The Labute approximate surface area is 101 Å². The largest absolute Gasteiger partial charge is 0.305 e. The fraction of sp³-hybridized carbons (Fsp3) is 0.857. The van der Waals surface area contributed by atoms with Gasteiger partial charge in [-0.1, -0.05) is 26.0 Å². The van der Waals surface area contributed by atoms with Crippen LogP contribution in [-0.2, 0) is 0 Å². The molecule has 1 aliphatic carbocycles. The van der Waals surface area contributed by atoms with E-state index in [1.54, 1.807) is 0 Å². The highest BCUT2D eigenvalue weighted by Gasteiger charge is 2.12. The maximum absolute atomic E-state index is 2.50. The van der Waals surface area contributed by atoms with Crippen molar-refractivity contribution < 1.29 is 0 Å². The molecule has 94 valence electrons. The molecule has 0 saturated carbocycles. The predicted octanol–water partition coefficient (Wildman–Crippen LogP) is 2.62. The van der Waals surface area contributed by atoms with Crippen LogP contribution in [0.4, 0.5) is 0 Å². The lowest BCUT2D eigenvalue weighted by atomic mass is 9.94. The molecule has 2 heteroatoms. The van der Waals surface area contributed by atoms with Gasteiger partial charge < -0.3 is 9.80 Å². The summed E-state index contributed by atoms with van der Waals surface area (Å²) in [5.74, 6) is 0.895. The van der Waals surface area contributed by atoms with E-state index in [4.69, 9.17) is 0 Å². The fourth-order valence-corrected chi connectivity index (χ4v) is 2.41. The Bertz CT molecular complexity index is 197. The lowest BCUT2D eigenvalue weighted by Gasteiger charge is -2.27. The molecule has 0 bridgehead atoms. The van der Waals surface area contributed by atoms with Crippen LogP contribution in [0.25, 0.3) is 0 Å². The zero-order chi connectivity index (χ0) is 11.8. The summed E-state index contributed by atoms with van der Waals surface area (Å²) in [5, 5.41) is 0. The lowest BCUT2D eigenvalue weighted by Crippen LogP contribution is -2.35. The molecule has 1 unspecified atom stereocenters. The van der Waals surface area contributed by atoms with Crippen LogP contribution in [-0.4, -0.2) is 49.6 Å². The number of nitrogens with zero attached hydrogens (tertiary/aromatic N) is 2. The summed E-state index contributed by atoms with van der Waals surface area (Å²) in [5.41, 5.74) is 0. The van der Waals surface area contributed by atoms with Crippen LogP contribution in [0, 0.1) is 5.92 Å². The number of hydrogen-bond donors (Lipinski definition) is 0. The molecule has 0 saturated heterocycles. The van der Waals surface area contributed by atoms with Crippen LogP contribution >= 0.6 is 0 Å². The first-order valence-corrected chi connectivity index (χ1v) is 6.82. The van der Waals surface area contributed by atoms with Crippen molar-refractivity contribution in [2.24, 2.45) is 5.92 Å². The molecule has 0 aromatic heterocycles. The fourth-order valence-electron chi connectivity index (χ4n) is 2.41. The summed E-state index contributed by atoms with van der Waals surface area (Å²) in [4.78, 5) is 5.00. The van der Waals surface area contributed by atoms with Gasteiger partial charge in [-0.25, -0.2) is 0 Å². The molecule has 1 rings (SSSR count). The molecule has 2 nitrogen and oxygen atoms in total. The van der Waals surface area contributed by atoms with E-state index in [9.17, 15) is 0 Å². The van der Waals surface area contributed by atoms with E-state index in [1.165, 1.54) is 52.0 Å². The summed E-state index contributed by atoms with van der Waals surface area (Å²) < 4.78 is 0. The van der Waals surface area contributed by atoms with Gasteiger partial charge in [-0.15, -0.1) is 0 Å². The topological polar surface area (TPSA) is 6.48 Å². The molecule has 0 radical (unpaired) electrons. The molecular weight excluding hydrogens is 196 g/mol. The molecule has 1 aliphatic rings. The minimum Gasteiger partial charge on any atom is -0.305 e. The second-order valence-corrected chi connectivity index (χ2v) is 4.94. The number of hydrogen-bond acceptors (Lipinski definition) is 2. The first-order valence-electron chi connectivity index (χ1n) is 6.82. The first-order chi connectivity index (χ1) is 7.76. The molecule has 0 aliphatic heterocycles. The standard InChI is InChI=1S/C14H28N2/c1-4-16(5-2)12-11-15(3)13-14-9-7-6-8-10-14/h6-7,14H,4-5,8-13H2,1-3H3. The van der Waals surface area contributed by atoms with Gasteiger partial charge in [0.2, 0.25) is 0 Å². The Morgan fingerprint density at radius 1 is 1.12 bits per heavy atom. The monoisotopic (exact) mass is 224 g/mol. The van der Waals surface area contributed by atoms with Crippen molar-refractivity contribution in [1.82, 2.24) is 9.80 Å². The van der Waals surface area contributed by atoms with E-state index in [-0.39, 0.29) is 0 Å². The van der Waals surface area contributed by atoms with E-state index in [0.717, 1.165) is 5.92 Å². The molecule has 0 heterocycles. The Balaban J connectivity index is 2.14. The van der Waals surface area contributed by atoms with Crippen molar-refractivity contribution in [1.29, 1.82) is 0 Å². The second kappa shape index (κ2) is 7.86. The van der Waals surface area contributed by atoms with E-state index in [1.807, 2.05) is 0 Å². The minimum atomic E-state index is 0.895. The van der Waals surface area contributed by atoms with Crippen LogP contribution in [0.5, 0.6) is 0 Å². The Morgan fingerprint density at radius 2 is 1.88 bits per heavy atom. The maximum Gasteiger partial charge on any atom is 0.0109 e. The molecule has 16 heavy (non-hydrogen) atoms. The molecule has 0 aromatic rings. The van der Waals surface area contributed by atoms with Crippen molar-refractivity contribution >= 4 is 0 Å². The summed E-state index contributed by atoms with van der Waals surface area (Å²) >= 11 is 0. The van der Waals surface area contributed by atoms with E-state index >= 15 is 0 Å². The SMILES string of the molecule is CCN(CC)CCN(C)CC1CC=CCC1. The number of rotatable bonds is 7. The van der Waals surface area contributed by atoms with Crippen LogP contribution < -0.4 is 0 Å². The third kappa shape index (κ3) is 5.13. The molecule has 1 atom stereocenters. The van der Waals surface area contributed by atoms with Crippen molar-refractivity contribution in [3.05, 3.63) is 12.2 Å². The maximum atomic E-state index is 2.50. The third-order valence-electron chi connectivity index (χ3n) is 3.64. The van der Waals surface area contributed by atoms with Gasteiger partial charge in [0.05, 0.1) is 0 Å². The summed E-state index contributed by atoms with van der Waals surface area (Å²) in [6, 6.07) is 0. The summed E-state index contributed by atoms with van der Waals surface area (Å²) in [6.07, 6.45) is 8.63. The predicted molar refractivity (Wildman–Crippen MR) is 71.8 cm³/mol. The van der Waals surface area contributed by atoms with Crippen LogP contribution in [0.3, 0.4) is 0 Å². The lowest BCUT2D eigenvalue weighted by molar-refractivity contribution is 0.215. The van der Waals surface area contributed by atoms with Crippen LogP contribution in [0.2, 0.25) is 0 Å². The van der Waals surface area contributed by atoms with Gasteiger partial charge in [-0.3, -0.25) is 0 Å². The quantitative estimate of drug-likeness (QED) is 0.613. The minimum absolute atomic E-state index is 0.895. The van der Waals surface area contributed by atoms with Crippen molar-refractivity contribution in [2.45, 2.75) is 33.1 Å². The summed E-state index contributed by atoms with van der Waals surface area (Å²) in [7, 11) is 2.27. The average Bonchev–Trinajstić information content (AvgIpc) is 2.31. The molecule has 0 fully saturated rings. The van der Waals surface area contributed by atoms with Gasteiger partial charge in [0, 0.05) is 19.6 Å². The van der Waals surface area contributed by atoms with Crippen molar-refractivity contribution in [3.8, 4) is 0 Å². The van der Waals surface area contributed by atoms with E-state index in [0.29, 0.717) is 0 Å². The van der Waals surface area contributed by atoms with Crippen LogP contribution in [0.15, 0.2) is 12.2 Å². The van der Waals surface area contributed by atoms with E-state index < -0.39 is 0 Å². The molecule has 0 N–H and O–H groups in total.